The molecule has 1 atom stereocenters. The second-order valence-electron chi connectivity index (χ2n) is 6.57. The fourth-order valence-electron chi connectivity index (χ4n) is 2.75. The van der Waals surface area contributed by atoms with Crippen LogP contribution in [0, 0.1) is 11.7 Å². The molecule has 0 unspecified atom stereocenters. The molecule has 0 saturated carbocycles. The van der Waals surface area contributed by atoms with E-state index in [9.17, 15) is 9.50 Å². The predicted octanol–water partition coefficient (Wildman–Crippen LogP) is 3.00. The van der Waals surface area contributed by atoms with Crippen LogP contribution in [0.1, 0.15) is 25.5 Å². The van der Waals surface area contributed by atoms with Crippen molar-refractivity contribution in [2.45, 2.75) is 20.0 Å². The molecule has 0 spiro atoms. The summed E-state index contributed by atoms with van der Waals surface area (Å²) in [4.78, 5) is 14.7. The highest BCUT2D eigenvalue weighted by Gasteiger charge is 2.17. The van der Waals surface area contributed by atoms with E-state index in [1.807, 2.05) is 17.2 Å². The number of rotatable bonds is 7. The average molecular weight is 355 g/mol. The monoisotopic (exact) mass is 355 g/mol. The molecule has 0 radical (unpaired) electrons. The van der Waals surface area contributed by atoms with E-state index in [2.05, 4.69) is 28.8 Å². The first-order valence-electron chi connectivity index (χ1n) is 8.52. The molecule has 0 aliphatic heterocycles. The van der Waals surface area contributed by atoms with Crippen molar-refractivity contribution >= 4 is 5.82 Å². The van der Waals surface area contributed by atoms with Crippen LogP contribution in [0.25, 0.3) is 5.82 Å². The van der Waals surface area contributed by atoms with Crippen molar-refractivity contribution in [1.29, 1.82) is 0 Å². The summed E-state index contributed by atoms with van der Waals surface area (Å²) < 4.78 is 14.9. The number of aliphatic hydroxyl groups is 1. The zero-order valence-electron chi connectivity index (χ0n) is 14.8. The van der Waals surface area contributed by atoms with Crippen molar-refractivity contribution in [3.05, 3.63) is 66.8 Å². The summed E-state index contributed by atoms with van der Waals surface area (Å²) in [6, 6.07) is 7.77. The summed E-state index contributed by atoms with van der Waals surface area (Å²) in [5, 5.41) is 10.6. The first-order valence-corrected chi connectivity index (χ1v) is 8.52. The first-order chi connectivity index (χ1) is 12.5. The molecular weight excluding hydrogens is 333 g/mol. The first kappa shape index (κ1) is 18.0. The van der Waals surface area contributed by atoms with Crippen LogP contribution < -0.4 is 4.90 Å². The molecule has 0 amide bonds. The molecule has 3 aromatic rings. The molecule has 2 heterocycles. The van der Waals surface area contributed by atoms with Crippen LogP contribution in [-0.4, -0.2) is 37.7 Å². The lowest BCUT2D eigenvalue weighted by Gasteiger charge is -2.28. The summed E-state index contributed by atoms with van der Waals surface area (Å²) in [7, 11) is 0. The molecule has 6 nitrogen and oxygen atoms in total. The number of aromatic nitrogens is 4. The smallest absolute Gasteiger partial charge is 0.143 e. The van der Waals surface area contributed by atoms with Gasteiger partial charge in [0.25, 0.3) is 0 Å². The second-order valence-corrected chi connectivity index (χ2v) is 6.57. The van der Waals surface area contributed by atoms with Gasteiger partial charge in [-0.1, -0.05) is 26.0 Å². The van der Waals surface area contributed by atoms with Crippen molar-refractivity contribution in [2.24, 2.45) is 5.92 Å². The van der Waals surface area contributed by atoms with Gasteiger partial charge in [-0.05, 0) is 23.6 Å². The molecule has 7 heteroatoms. The Morgan fingerprint density at radius 2 is 1.92 bits per heavy atom. The molecule has 0 aliphatic carbocycles. The van der Waals surface area contributed by atoms with Gasteiger partial charge in [-0.3, -0.25) is 4.57 Å². The van der Waals surface area contributed by atoms with Crippen molar-refractivity contribution in [2.75, 3.05) is 18.0 Å². The molecule has 1 aromatic carbocycles. The maximum Gasteiger partial charge on any atom is 0.143 e. The summed E-state index contributed by atoms with van der Waals surface area (Å²) in [5.74, 6) is 1.49. The standard InChI is InChI=1S/C19H22FN5O/c1-14(2)10-25(11-17(26)15-3-5-16(20)6-4-15)19-9-18(22-12-23-19)24-8-7-21-13-24/h3-9,12-14,17,26H,10-11H2,1-2H3/t17-/m0/s1. The van der Waals surface area contributed by atoms with Crippen LogP contribution in [-0.2, 0) is 0 Å². The quantitative estimate of drug-likeness (QED) is 0.706. The van der Waals surface area contributed by atoms with E-state index < -0.39 is 6.10 Å². The summed E-state index contributed by atoms with van der Waals surface area (Å²) >= 11 is 0. The molecule has 26 heavy (non-hydrogen) atoms. The summed E-state index contributed by atoms with van der Waals surface area (Å²) in [6.07, 6.45) is 5.92. The van der Waals surface area contributed by atoms with Crippen molar-refractivity contribution < 1.29 is 9.50 Å². The number of imidazole rings is 1. The molecule has 0 bridgehead atoms. The van der Waals surface area contributed by atoms with Crippen molar-refractivity contribution in [3.63, 3.8) is 0 Å². The number of halogens is 1. The lowest BCUT2D eigenvalue weighted by atomic mass is 10.1. The van der Waals surface area contributed by atoms with E-state index >= 15 is 0 Å². The Labute approximate surface area is 152 Å². The molecule has 0 aliphatic rings. The van der Waals surface area contributed by atoms with Gasteiger partial charge in [0.05, 0.1) is 6.10 Å². The number of hydrogen-bond donors (Lipinski definition) is 1. The fourth-order valence-corrected chi connectivity index (χ4v) is 2.75. The number of aliphatic hydroxyl groups excluding tert-OH is 1. The number of benzene rings is 1. The van der Waals surface area contributed by atoms with Crippen LogP contribution in [0.4, 0.5) is 10.2 Å². The van der Waals surface area contributed by atoms with Crippen LogP contribution >= 0.6 is 0 Å². The van der Waals surface area contributed by atoms with E-state index in [0.717, 1.165) is 12.4 Å². The van der Waals surface area contributed by atoms with Crippen LogP contribution in [0.3, 0.4) is 0 Å². The van der Waals surface area contributed by atoms with E-state index in [1.165, 1.54) is 18.5 Å². The predicted molar refractivity (Wildman–Crippen MR) is 97.6 cm³/mol. The maximum atomic E-state index is 13.1. The molecule has 136 valence electrons. The van der Waals surface area contributed by atoms with Crippen LogP contribution in [0.15, 0.2) is 55.4 Å². The van der Waals surface area contributed by atoms with Crippen LogP contribution in [0.2, 0.25) is 0 Å². The SMILES string of the molecule is CC(C)CN(C[C@H](O)c1ccc(F)cc1)c1cc(-n2ccnc2)ncn1. The van der Waals surface area contributed by atoms with E-state index in [4.69, 9.17) is 0 Å². The third-order valence-electron chi connectivity index (χ3n) is 3.96. The zero-order chi connectivity index (χ0) is 18.5. The highest BCUT2D eigenvalue weighted by Crippen LogP contribution is 2.21. The van der Waals surface area contributed by atoms with Gasteiger partial charge in [-0.2, -0.15) is 0 Å². The third kappa shape index (κ3) is 4.43. The minimum absolute atomic E-state index is 0.319. The zero-order valence-corrected chi connectivity index (χ0v) is 14.8. The minimum atomic E-state index is -0.749. The van der Waals surface area contributed by atoms with Gasteiger partial charge in [0.1, 0.15) is 30.1 Å². The lowest BCUT2D eigenvalue weighted by Crippen LogP contribution is -2.33. The van der Waals surface area contributed by atoms with Gasteiger partial charge in [0.2, 0.25) is 0 Å². The highest BCUT2D eigenvalue weighted by atomic mass is 19.1. The normalized spacial score (nSPS) is 12.3. The van der Waals surface area contributed by atoms with Gasteiger partial charge in [0, 0.05) is 31.5 Å². The van der Waals surface area contributed by atoms with Crippen molar-refractivity contribution in [1.82, 2.24) is 19.5 Å². The Balaban J connectivity index is 1.84. The molecule has 0 saturated heterocycles. The second kappa shape index (κ2) is 8.05. The third-order valence-corrected chi connectivity index (χ3v) is 3.96. The number of hydrogen-bond acceptors (Lipinski definition) is 5. The molecule has 2 aromatic heterocycles. The molecular formula is C19H22FN5O. The van der Waals surface area contributed by atoms with Crippen LogP contribution in [0.5, 0.6) is 0 Å². The maximum absolute atomic E-state index is 13.1. The summed E-state index contributed by atoms with van der Waals surface area (Å²) in [5.41, 5.74) is 0.670. The van der Waals surface area contributed by atoms with E-state index in [1.54, 1.807) is 29.2 Å². The minimum Gasteiger partial charge on any atom is -0.387 e. The Hall–Kier alpha value is -2.80. The van der Waals surface area contributed by atoms with Gasteiger partial charge >= 0.3 is 0 Å². The van der Waals surface area contributed by atoms with Gasteiger partial charge in [0.15, 0.2) is 0 Å². The largest absolute Gasteiger partial charge is 0.387 e. The van der Waals surface area contributed by atoms with E-state index in [0.29, 0.717) is 23.8 Å². The topological polar surface area (TPSA) is 67.1 Å². The Morgan fingerprint density at radius 1 is 1.15 bits per heavy atom. The Bertz CT molecular complexity index is 820. The lowest BCUT2D eigenvalue weighted by molar-refractivity contribution is 0.182. The fraction of sp³-hybridized carbons (Fsp3) is 0.316. The van der Waals surface area contributed by atoms with Gasteiger partial charge in [-0.25, -0.2) is 19.3 Å². The molecule has 0 fully saturated rings. The number of anilines is 1. The molecule has 1 N–H and O–H groups in total. The Morgan fingerprint density at radius 3 is 2.58 bits per heavy atom. The summed E-state index contributed by atoms with van der Waals surface area (Å²) in [6.45, 7) is 5.29. The van der Waals surface area contributed by atoms with E-state index in [-0.39, 0.29) is 5.82 Å². The number of nitrogens with zero attached hydrogens (tertiary/aromatic N) is 5. The van der Waals surface area contributed by atoms with Gasteiger partial charge in [-0.15, -0.1) is 0 Å². The highest BCUT2D eigenvalue weighted by molar-refractivity contribution is 5.44. The molecule has 3 rings (SSSR count). The average Bonchev–Trinajstić information content (AvgIpc) is 3.16. The van der Waals surface area contributed by atoms with Gasteiger partial charge < -0.3 is 10.0 Å². The Kier molecular flexibility index (Phi) is 5.58. The van der Waals surface area contributed by atoms with Crippen molar-refractivity contribution in [3.8, 4) is 5.82 Å².